The second kappa shape index (κ2) is 8.72. The zero-order chi connectivity index (χ0) is 23.1. The van der Waals surface area contributed by atoms with Crippen LogP contribution in [-0.4, -0.2) is 39.0 Å². The van der Waals surface area contributed by atoms with Gasteiger partial charge >= 0.3 is 0 Å². The Hall–Kier alpha value is -3.04. The van der Waals surface area contributed by atoms with Gasteiger partial charge in [0.05, 0.1) is 28.0 Å². The van der Waals surface area contributed by atoms with E-state index in [9.17, 15) is 4.79 Å². The smallest absolute Gasteiger partial charge is 0.259 e. The lowest BCUT2D eigenvalue weighted by molar-refractivity contribution is 0.102. The minimum absolute atomic E-state index is 0.263. The maximum Gasteiger partial charge on any atom is 0.259 e. The number of amides is 1. The van der Waals surface area contributed by atoms with Crippen molar-refractivity contribution in [3.63, 3.8) is 0 Å². The molecule has 1 saturated heterocycles. The van der Waals surface area contributed by atoms with Gasteiger partial charge in [-0.2, -0.15) is 0 Å². The van der Waals surface area contributed by atoms with Crippen LogP contribution in [0, 0.1) is 26.7 Å². The average Bonchev–Trinajstić information content (AvgIpc) is 3.48. The molecule has 5 rings (SSSR count). The van der Waals surface area contributed by atoms with Crippen LogP contribution >= 0.6 is 11.3 Å². The van der Waals surface area contributed by atoms with Crippen LogP contribution in [0.1, 0.15) is 53.0 Å². The standard InChI is InChI=1S/C24H27N5O3S/c1-13-5-7-29(8-6-13)11-17-12-33-24(25-17)27-22(30)19-10-20(18-9-14(2)31-16(18)4)26-23-21(19)15(3)28-32-23/h9-10,12-13H,5-8,11H2,1-4H3,(H,25,27,30). The third-order valence-electron chi connectivity index (χ3n) is 6.21. The van der Waals surface area contributed by atoms with Crippen molar-refractivity contribution in [2.75, 3.05) is 18.4 Å². The monoisotopic (exact) mass is 465 g/mol. The highest BCUT2D eigenvalue weighted by Crippen LogP contribution is 2.31. The Kier molecular flexibility index (Phi) is 5.76. The molecule has 4 aromatic heterocycles. The molecule has 0 radical (unpaired) electrons. The van der Waals surface area contributed by atoms with Crippen LogP contribution in [0.4, 0.5) is 5.13 Å². The molecule has 1 fully saturated rings. The topological polar surface area (TPSA) is 97.3 Å². The number of carbonyl (C=O) groups excluding carboxylic acids is 1. The van der Waals surface area contributed by atoms with E-state index in [0.29, 0.717) is 33.2 Å². The van der Waals surface area contributed by atoms with Crippen molar-refractivity contribution in [1.29, 1.82) is 0 Å². The maximum atomic E-state index is 13.3. The highest BCUT2D eigenvalue weighted by atomic mass is 32.1. The number of furan rings is 1. The SMILES string of the molecule is Cc1cc(-c2cc(C(=O)Nc3nc(CN4CCC(C)CC4)cs3)c3c(C)noc3n2)c(C)o1. The molecule has 1 amide bonds. The van der Waals surface area contributed by atoms with Gasteiger partial charge in [-0.3, -0.25) is 15.0 Å². The molecule has 33 heavy (non-hydrogen) atoms. The lowest BCUT2D eigenvalue weighted by Crippen LogP contribution is -2.32. The number of nitrogens with one attached hydrogen (secondary N) is 1. The molecule has 0 atom stereocenters. The molecule has 1 N–H and O–H groups in total. The summed E-state index contributed by atoms with van der Waals surface area (Å²) < 4.78 is 11.1. The predicted molar refractivity (Wildman–Crippen MR) is 127 cm³/mol. The number of piperidine rings is 1. The number of carbonyl (C=O) groups is 1. The first-order valence-electron chi connectivity index (χ1n) is 11.2. The number of aromatic nitrogens is 3. The van der Waals surface area contributed by atoms with Gasteiger partial charge in [0.2, 0.25) is 0 Å². The Morgan fingerprint density at radius 1 is 1.21 bits per heavy atom. The maximum absolute atomic E-state index is 13.3. The molecule has 9 heteroatoms. The van der Waals surface area contributed by atoms with Gasteiger partial charge in [-0.1, -0.05) is 12.1 Å². The van der Waals surface area contributed by atoms with Crippen LogP contribution in [0.25, 0.3) is 22.4 Å². The number of thiazole rings is 1. The van der Waals surface area contributed by atoms with E-state index in [1.165, 1.54) is 24.2 Å². The Balaban J connectivity index is 1.40. The van der Waals surface area contributed by atoms with Gasteiger partial charge in [0.25, 0.3) is 11.6 Å². The summed E-state index contributed by atoms with van der Waals surface area (Å²) in [6.07, 6.45) is 2.45. The minimum atomic E-state index is -0.263. The van der Waals surface area contributed by atoms with Crippen LogP contribution in [0.3, 0.4) is 0 Å². The number of nitrogens with zero attached hydrogens (tertiary/aromatic N) is 4. The fourth-order valence-electron chi connectivity index (χ4n) is 4.35. The van der Waals surface area contributed by atoms with Crippen molar-refractivity contribution in [2.45, 2.75) is 47.1 Å². The normalized spacial score (nSPS) is 15.4. The molecule has 1 aliphatic rings. The highest BCUT2D eigenvalue weighted by Gasteiger charge is 2.22. The molecular formula is C24H27N5O3S. The number of anilines is 1. The zero-order valence-corrected chi connectivity index (χ0v) is 20.1. The third-order valence-corrected chi connectivity index (χ3v) is 7.02. The van der Waals surface area contributed by atoms with E-state index in [1.807, 2.05) is 25.3 Å². The molecule has 0 spiro atoms. The molecular weight excluding hydrogens is 438 g/mol. The number of likely N-dealkylation sites (tertiary alicyclic amines) is 1. The average molecular weight is 466 g/mol. The molecule has 8 nitrogen and oxygen atoms in total. The number of rotatable bonds is 5. The lowest BCUT2D eigenvalue weighted by Gasteiger charge is -2.29. The van der Waals surface area contributed by atoms with Gasteiger partial charge in [0.1, 0.15) is 11.5 Å². The first-order chi connectivity index (χ1) is 15.9. The molecule has 0 saturated carbocycles. The fourth-order valence-corrected chi connectivity index (χ4v) is 5.04. The summed E-state index contributed by atoms with van der Waals surface area (Å²) in [6.45, 7) is 10.9. The van der Waals surface area contributed by atoms with Gasteiger partial charge in [-0.05, 0) is 64.8 Å². The Bertz CT molecular complexity index is 1310. The molecule has 4 aromatic rings. The number of fused-ring (bicyclic) bond motifs is 1. The molecule has 1 aliphatic heterocycles. The van der Waals surface area contributed by atoms with Crippen molar-refractivity contribution in [3.8, 4) is 11.3 Å². The molecule has 0 unspecified atom stereocenters. The van der Waals surface area contributed by atoms with Crippen LogP contribution in [0.15, 0.2) is 26.5 Å². The summed E-state index contributed by atoms with van der Waals surface area (Å²) in [4.78, 5) is 25.0. The van der Waals surface area contributed by atoms with E-state index in [1.54, 1.807) is 13.0 Å². The van der Waals surface area contributed by atoms with Crippen LogP contribution in [0.2, 0.25) is 0 Å². The van der Waals surface area contributed by atoms with Gasteiger partial charge in [-0.15, -0.1) is 11.3 Å². The molecule has 0 aliphatic carbocycles. The second-order valence-corrected chi connectivity index (χ2v) is 9.74. The van der Waals surface area contributed by atoms with Crippen LogP contribution in [-0.2, 0) is 6.54 Å². The first kappa shape index (κ1) is 21.8. The van der Waals surface area contributed by atoms with Crippen molar-refractivity contribution >= 4 is 33.5 Å². The van der Waals surface area contributed by atoms with E-state index in [4.69, 9.17) is 8.94 Å². The van der Waals surface area contributed by atoms with E-state index < -0.39 is 0 Å². The Labute approximate surface area is 196 Å². The Morgan fingerprint density at radius 3 is 2.73 bits per heavy atom. The van der Waals surface area contributed by atoms with Crippen molar-refractivity contribution in [1.82, 2.24) is 20.0 Å². The summed E-state index contributed by atoms with van der Waals surface area (Å²) in [6, 6.07) is 3.67. The quantitative estimate of drug-likeness (QED) is 0.424. The van der Waals surface area contributed by atoms with E-state index in [0.717, 1.165) is 48.3 Å². The lowest BCUT2D eigenvalue weighted by atomic mass is 9.99. The van der Waals surface area contributed by atoms with Crippen molar-refractivity contribution < 1.29 is 13.7 Å². The highest BCUT2D eigenvalue weighted by molar-refractivity contribution is 7.14. The van der Waals surface area contributed by atoms with Gasteiger partial charge < -0.3 is 8.94 Å². The number of pyridine rings is 1. The van der Waals surface area contributed by atoms with Crippen LogP contribution < -0.4 is 5.32 Å². The zero-order valence-electron chi connectivity index (χ0n) is 19.3. The molecule has 172 valence electrons. The van der Waals surface area contributed by atoms with Gasteiger partial charge in [0, 0.05) is 17.5 Å². The first-order valence-corrected chi connectivity index (χ1v) is 12.1. The van der Waals surface area contributed by atoms with E-state index in [2.05, 4.69) is 32.3 Å². The van der Waals surface area contributed by atoms with Crippen molar-refractivity contribution in [2.24, 2.45) is 5.92 Å². The summed E-state index contributed by atoms with van der Waals surface area (Å²) in [5.74, 6) is 2.05. The van der Waals surface area contributed by atoms with Crippen molar-refractivity contribution in [3.05, 3.63) is 46.0 Å². The third kappa shape index (κ3) is 4.43. The largest absolute Gasteiger partial charge is 0.466 e. The predicted octanol–water partition coefficient (Wildman–Crippen LogP) is 5.35. The number of hydrogen-bond donors (Lipinski definition) is 1. The van der Waals surface area contributed by atoms with E-state index in [-0.39, 0.29) is 5.91 Å². The molecule has 0 bridgehead atoms. The number of aryl methyl sites for hydroxylation is 3. The Morgan fingerprint density at radius 2 is 2.00 bits per heavy atom. The van der Waals surface area contributed by atoms with Crippen LogP contribution in [0.5, 0.6) is 0 Å². The number of hydrogen-bond acceptors (Lipinski definition) is 8. The second-order valence-electron chi connectivity index (χ2n) is 8.89. The fraction of sp³-hybridized carbons (Fsp3) is 0.417. The molecule has 0 aromatic carbocycles. The summed E-state index contributed by atoms with van der Waals surface area (Å²) in [7, 11) is 0. The van der Waals surface area contributed by atoms with E-state index >= 15 is 0 Å². The molecule has 5 heterocycles. The van der Waals surface area contributed by atoms with Gasteiger partial charge in [0.15, 0.2) is 5.13 Å². The minimum Gasteiger partial charge on any atom is -0.466 e. The summed E-state index contributed by atoms with van der Waals surface area (Å²) in [5, 5.41) is 10.2. The summed E-state index contributed by atoms with van der Waals surface area (Å²) in [5.41, 5.74) is 3.81. The summed E-state index contributed by atoms with van der Waals surface area (Å²) >= 11 is 1.44. The van der Waals surface area contributed by atoms with Gasteiger partial charge in [-0.25, -0.2) is 9.97 Å².